The highest BCUT2D eigenvalue weighted by molar-refractivity contribution is 7.92. The summed E-state index contributed by atoms with van der Waals surface area (Å²) in [5, 5.41) is 2.69. The van der Waals surface area contributed by atoms with E-state index in [9.17, 15) is 26.4 Å². The van der Waals surface area contributed by atoms with Gasteiger partial charge in [0.25, 0.3) is 10.0 Å². The number of aryl methyl sites for hydroxylation is 2. The van der Waals surface area contributed by atoms with E-state index >= 15 is 0 Å². The number of hydrogen-bond acceptors (Lipinski definition) is 3. The summed E-state index contributed by atoms with van der Waals surface area (Å²) in [5.41, 5.74) is 0.948. The Morgan fingerprint density at radius 2 is 1.64 bits per heavy atom. The number of rotatable bonds is 6. The first-order chi connectivity index (χ1) is 15.4. The maximum absolute atomic E-state index is 13.4. The summed E-state index contributed by atoms with van der Waals surface area (Å²) in [5.74, 6) is -0.801. The van der Waals surface area contributed by atoms with E-state index < -0.39 is 34.2 Å². The van der Waals surface area contributed by atoms with Crippen molar-refractivity contribution in [1.29, 1.82) is 0 Å². The molecule has 0 radical (unpaired) electrons. The smallest absolute Gasteiger partial charge is 0.325 e. The van der Waals surface area contributed by atoms with Crippen molar-refractivity contribution in [1.82, 2.24) is 0 Å². The molecular weight excluding hydrogens is 477 g/mol. The molecule has 0 aromatic heterocycles. The molecule has 1 N–H and O–H groups in total. The van der Waals surface area contributed by atoms with E-state index in [0.29, 0.717) is 5.02 Å². The summed E-state index contributed by atoms with van der Waals surface area (Å²) in [6, 6.07) is 14.5. The zero-order valence-electron chi connectivity index (χ0n) is 17.7. The largest absolute Gasteiger partial charge is 0.416 e. The zero-order valence-corrected chi connectivity index (χ0v) is 19.2. The Morgan fingerprint density at radius 1 is 0.970 bits per heavy atom. The van der Waals surface area contributed by atoms with Crippen LogP contribution >= 0.6 is 11.6 Å². The highest BCUT2D eigenvalue weighted by Crippen LogP contribution is 2.31. The molecule has 0 unspecified atom stereocenters. The van der Waals surface area contributed by atoms with Gasteiger partial charge in [0.05, 0.1) is 16.1 Å². The van der Waals surface area contributed by atoms with Crippen LogP contribution in [0.2, 0.25) is 5.02 Å². The molecule has 3 aromatic rings. The van der Waals surface area contributed by atoms with Crippen LogP contribution < -0.4 is 9.62 Å². The predicted molar refractivity (Wildman–Crippen MR) is 122 cm³/mol. The van der Waals surface area contributed by atoms with Crippen LogP contribution in [-0.2, 0) is 21.0 Å². The number of sulfonamides is 1. The number of benzene rings is 3. The number of hydrogen-bond donors (Lipinski definition) is 1. The van der Waals surface area contributed by atoms with E-state index in [2.05, 4.69) is 5.32 Å². The summed E-state index contributed by atoms with van der Waals surface area (Å²) >= 11 is 5.86. The third-order valence-electron chi connectivity index (χ3n) is 4.94. The number of alkyl halides is 3. The molecule has 0 aliphatic carbocycles. The number of anilines is 2. The quantitative estimate of drug-likeness (QED) is 0.468. The molecule has 10 heteroatoms. The fraction of sp³-hybridized carbons (Fsp3) is 0.174. The van der Waals surface area contributed by atoms with Gasteiger partial charge in [0.15, 0.2) is 0 Å². The lowest BCUT2D eigenvalue weighted by Crippen LogP contribution is -2.38. The van der Waals surface area contributed by atoms with Crippen molar-refractivity contribution in [2.24, 2.45) is 0 Å². The van der Waals surface area contributed by atoms with Gasteiger partial charge >= 0.3 is 6.18 Å². The van der Waals surface area contributed by atoms with Gasteiger partial charge in [-0.2, -0.15) is 13.2 Å². The van der Waals surface area contributed by atoms with E-state index in [4.69, 9.17) is 11.6 Å². The highest BCUT2D eigenvalue weighted by Gasteiger charge is 2.31. The topological polar surface area (TPSA) is 66.5 Å². The molecule has 0 heterocycles. The van der Waals surface area contributed by atoms with Gasteiger partial charge in [0.2, 0.25) is 5.91 Å². The second-order valence-corrected chi connectivity index (χ2v) is 9.66. The maximum Gasteiger partial charge on any atom is 0.416 e. The Balaban J connectivity index is 1.95. The Labute approximate surface area is 194 Å². The van der Waals surface area contributed by atoms with Crippen LogP contribution in [0.1, 0.15) is 16.7 Å². The molecule has 0 bridgehead atoms. The van der Waals surface area contributed by atoms with E-state index in [0.717, 1.165) is 33.6 Å². The molecule has 0 aliphatic heterocycles. The number of nitrogens with one attached hydrogen (secondary N) is 1. The minimum Gasteiger partial charge on any atom is -0.325 e. The summed E-state index contributed by atoms with van der Waals surface area (Å²) < 4.78 is 66.6. The first kappa shape index (κ1) is 24.6. The lowest BCUT2D eigenvalue weighted by molar-refractivity contribution is -0.137. The Hall–Kier alpha value is -3.04. The Kier molecular flexibility index (Phi) is 7.04. The molecule has 3 aromatic carbocycles. The van der Waals surface area contributed by atoms with Crippen molar-refractivity contribution in [3.05, 3.63) is 88.4 Å². The van der Waals surface area contributed by atoms with Gasteiger partial charge in [-0.1, -0.05) is 23.7 Å². The molecule has 0 atom stereocenters. The highest BCUT2D eigenvalue weighted by atomic mass is 35.5. The third kappa shape index (κ3) is 5.85. The van der Waals surface area contributed by atoms with E-state index in [1.165, 1.54) is 30.3 Å². The third-order valence-corrected chi connectivity index (χ3v) is 6.98. The molecule has 3 rings (SSSR count). The van der Waals surface area contributed by atoms with E-state index in [-0.39, 0.29) is 16.3 Å². The van der Waals surface area contributed by atoms with Crippen molar-refractivity contribution in [2.45, 2.75) is 24.9 Å². The Bertz CT molecular complexity index is 1280. The lowest BCUT2D eigenvalue weighted by Gasteiger charge is -2.25. The average molecular weight is 497 g/mol. The minimum absolute atomic E-state index is 0.0861. The SMILES string of the molecule is Cc1ccc(N(CC(=O)Nc2cccc(C(F)(F)F)c2)S(=O)(=O)c2ccc(Cl)cc2)cc1C. The van der Waals surface area contributed by atoms with Crippen molar-refractivity contribution in [3.63, 3.8) is 0 Å². The molecule has 0 fully saturated rings. The van der Waals surface area contributed by atoms with Gasteiger partial charge in [-0.05, 0) is 79.6 Å². The van der Waals surface area contributed by atoms with Crippen LogP contribution in [0.4, 0.5) is 24.5 Å². The van der Waals surface area contributed by atoms with Gasteiger partial charge in [0.1, 0.15) is 6.54 Å². The number of carbonyl (C=O) groups excluding carboxylic acids is 1. The number of halogens is 4. The summed E-state index contributed by atoms with van der Waals surface area (Å²) in [6.45, 7) is 3.01. The summed E-state index contributed by atoms with van der Waals surface area (Å²) in [6.07, 6.45) is -4.58. The summed E-state index contributed by atoms with van der Waals surface area (Å²) in [7, 11) is -4.19. The second-order valence-electron chi connectivity index (χ2n) is 7.36. The van der Waals surface area contributed by atoms with Gasteiger partial charge in [-0.25, -0.2) is 8.42 Å². The minimum atomic E-state index is -4.58. The maximum atomic E-state index is 13.4. The molecule has 174 valence electrons. The zero-order chi connectivity index (χ0) is 24.4. The monoisotopic (exact) mass is 496 g/mol. The molecule has 5 nitrogen and oxygen atoms in total. The van der Waals surface area contributed by atoms with Crippen molar-refractivity contribution >= 4 is 38.9 Å². The summed E-state index contributed by atoms with van der Waals surface area (Å²) in [4.78, 5) is 12.6. The van der Waals surface area contributed by atoms with Crippen LogP contribution in [0.3, 0.4) is 0 Å². The average Bonchev–Trinajstić information content (AvgIpc) is 2.74. The molecular formula is C23H20ClF3N2O3S. The fourth-order valence-corrected chi connectivity index (χ4v) is 4.57. The molecule has 1 amide bonds. The lowest BCUT2D eigenvalue weighted by atomic mass is 10.1. The van der Waals surface area contributed by atoms with E-state index in [1.54, 1.807) is 25.1 Å². The molecule has 0 saturated carbocycles. The van der Waals surface area contributed by atoms with Crippen LogP contribution in [0.5, 0.6) is 0 Å². The van der Waals surface area contributed by atoms with Crippen LogP contribution in [-0.4, -0.2) is 20.9 Å². The van der Waals surface area contributed by atoms with Crippen LogP contribution in [0.25, 0.3) is 0 Å². The molecule has 0 aliphatic rings. The van der Waals surface area contributed by atoms with E-state index in [1.807, 2.05) is 6.92 Å². The normalized spacial score (nSPS) is 11.8. The first-order valence-corrected chi connectivity index (χ1v) is 11.5. The number of amides is 1. The van der Waals surface area contributed by atoms with Gasteiger partial charge in [-0.15, -0.1) is 0 Å². The molecule has 0 spiro atoms. The first-order valence-electron chi connectivity index (χ1n) is 9.70. The number of carbonyl (C=O) groups is 1. The van der Waals surface area contributed by atoms with Crippen LogP contribution in [0, 0.1) is 13.8 Å². The van der Waals surface area contributed by atoms with Crippen molar-refractivity contribution < 1.29 is 26.4 Å². The van der Waals surface area contributed by atoms with Crippen LogP contribution in [0.15, 0.2) is 71.6 Å². The van der Waals surface area contributed by atoms with Gasteiger partial charge in [-0.3, -0.25) is 9.10 Å². The van der Waals surface area contributed by atoms with Crippen molar-refractivity contribution in [2.75, 3.05) is 16.2 Å². The fourth-order valence-electron chi connectivity index (χ4n) is 3.03. The molecule has 0 saturated heterocycles. The molecule has 33 heavy (non-hydrogen) atoms. The second kappa shape index (κ2) is 9.44. The van der Waals surface area contributed by atoms with Gasteiger partial charge < -0.3 is 5.32 Å². The number of nitrogens with zero attached hydrogens (tertiary/aromatic N) is 1. The van der Waals surface area contributed by atoms with Crippen molar-refractivity contribution in [3.8, 4) is 0 Å². The van der Waals surface area contributed by atoms with Gasteiger partial charge in [0, 0.05) is 10.7 Å². The Morgan fingerprint density at radius 3 is 2.24 bits per heavy atom. The predicted octanol–water partition coefficient (Wildman–Crippen LogP) is 5.81. The standard InChI is InChI=1S/C23H20ClF3N2O3S/c1-15-6-9-20(12-16(15)2)29(33(31,32)21-10-7-18(24)8-11-21)14-22(30)28-19-5-3-4-17(13-19)23(25,26)27/h3-13H,14H2,1-2H3,(H,28,30).